The van der Waals surface area contributed by atoms with E-state index in [4.69, 9.17) is 9.47 Å². The summed E-state index contributed by atoms with van der Waals surface area (Å²) in [6.45, 7) is 5.34. The van der Waals surface area contributed by atoms with Crippen molar-refractivity contribution in [2.45, 2.75) is 32.5 Å². The molecule has 5 heteroatoms. The minimum Gasteiger partial charge on any atom is -0.389 e. The molecule has 1 aromatic rings. The zero-order valence-corrected chi connectivity index (χ0v) is 13.9. The first-order valence-electron chi connectivity index (χ1n) is 6.87. The second-order valence-electron chi connectivity index (χ2n) is 4.79. The second kappa shape index (κ2) is 9.34. The number of halogens is 1. The van der Waals surface area contributed by atoms with Crippen LogP contribution in [0.4, 0.5) is 5.69 Å². The summed E-state index contributed by atoms with van der Waals surface area (Å²) < 4.78 is 11.5. The Balaban J connectivity index is 2.39. The van der Waals surface area contributed by atoms with Gasteiger partial charge in [0.2, 0.25) is 0 Å². The molecule has 2 atom stereocenters. The molecule has 0 spiro atoms. The summed E-state index contributed by atoms with van der Waals surface area (Å²) in [6, 6.07) is 6.10. The molecule has 0 saturated heterocycles. The molecule has 0 aliphatic rings. The summed E-state index contributed by atoms with van der Waals surface area (Å²) in [6.07, 6.45) is 0.398. The predicted octanol–water partition coefficient (Wildman–Crippen LogP) is 2.84. The highest BCUT2D eigenvalue weighted by Crippen LogP contribution is 2.21. The van der Waals surface area contributed by atoms with Gasteiger partial charge >= 0.3 is 0 Å². The quantitative estimate of drug-likeness (QED) is 0.722. The lowest BCUT2D eigenvalue weighted by Crippen LogP contribution is -2.28. The average molecular weight is 346 g/mol. The molecular formula is C15H24BrNO3. The second-order valence-corrected chi connectivity index (χ2v) is 5.70. The van der Waals surface area contributed by atoms with Crippen molar-refractivity contribution in [1.29, 1.82) is 0 Å². The van der Waals surface area contributed by atoms with Gasteiger partial charge < -0.3 is 19.9 Å². The Bertz CT molecular complexity index is 401. The summed E-state index contributed by atoms with van der Waals surface area (Å²) in [7, 11) is 1.64. The van der Waals surface area contributed by atoms with Gasteiger partial charge in [-0.2, -0.15) is 0 Å². The number of aryl methyl sites for hydroxylation is 1. The molecule has 0 bridgehead atoms. The molecule has 20 heavy (non-hydrogen) atoms. The lowest BCUT2D eigenvalue weighted by molar-refractivity contribution is -0.0282. The Labute approximate surface area is 129 Å². The van der Waals surface area contributed by atoms with Crippen molar-refractivity contribution in [2.75, 3.05) is 32.2 Å². The highest BCUT2D eigenvalue weighted by atomic mass is 79.9. The van der Waals surface area contributed by atoms with Crippen LogP contribution in [0.5, 0.6) is 0 Å². The molecule has 0 aliphatic heterocycles. The van der Waals surface area contributed by atoms with Crippen LogP contribution in [-0.4, -0.2) is 44.2 Å². The standard InChI is InChI=1S/C15H24BrNO3/c1-4-12-7-13(16)5-6-15(12)17-8-14(18)10-20-11(2)9-19-3/h5-7,11,14,17-18H,4,8-10H2,1-3H3. The van der Waals surface area contributed by atoms with Gasteiger partial charge in [-0.05, 0) is 37.1 Å². The van der Waals surface area contributed by atoms with Gasteiger partial charge in [0.25, 0.3) is 0 Å². The average Bonchev–Trinajstić information content (AvgIpc) is 2.44. The molecule has 114 valence electrons. The molecule has 1 rings (SSSR count). The highest BCUT2D eigenvalue weighted by molar-refractivity contribution is 9.10. The van der Waals surface area contributed by atoms with Crippen LogP contribution in [0.15, 0.2) is 22.7 Å². The number of ether oxygens (including phenoxy) is 2. The maximum Gasteiger partial charge on any atom is 0.0945 e. The van der Waals surface area contributed by atoms with Crippen molar-refractivity contribution in [2.24, 2.45) is 0 Å². The van der Waals surface area contributed by atoms with E-state index in [1.54, 1.807) is 7.11 Å². The number of aliphatic hydroxyl groups excluding tert-OH is 1. The molecule has 0 aliphatic carbocycles. The molecule has 0 fully saturated rings. The Morgan fingerprint density at radius 2 is 2.10 bits per heavy atom. The zero-order valence-electron chi connectivity index (χ0n) is 12.4. The maximum atomic E-state index is 9.91. The largest absolute Gasteiger partial charge is 0.389 e. The smallest absolute Gasteiger partial charge is 0.0945 e. The van der Waals surface area contributed by atoms with Crippen molar-refractivity contribution in [1.82, 2.24) is 0 Å². The molecule has 1 aromatic carbocycles. The van der Waals surface area contributed by atoms with Gasteiger partial charge in [-0.1, -0.05) is 22.9 Å². The topological polar surface area (TPSA) is 50.7 Å². The summed E-state index contributed by atoms with van der Waals surface area (Å²) in [4.78, 5) is 0. The molecule has 0 saturated carbocycles. The van der Waals surface area contributed by atoms with Crippen molar-refractivity contribution in [3.63, 3.8) is 0 Å². The van der Waals surface area contributed by atoms with E-state index in [9.17, 15) is 5.11 Å². The Morgan fingerprint density at radius 1 is 1.35 bits per heavy atom. The Hall–Kier alpha value is -0.620. The van der Waals surface area contributed by atoms with Gasteiger partial charge in [0.05, 0.1) is 25.4 Å². The predicted molar refractivity (Wildman–Crippen MR) is 85.3 cm³/mol. The first-order valence-corrected chi connectivity index (χ1v) is 7.67. The maximum absolute atomic E-state index is 9.91. The Kier molecular flexibility index (Phi) is 8.14. The van der Waals surface area contributed by atoms with Gasteiger partial charge in [-0.25, -0.2) is 0 Å². The molecule has 0 amide bonds. The molecule has 4 nitrogen and oxygen atoms in total. The van der Waals surface area contributed by atoms with Crippen molar-refractivity contribution in [3.8, 4) is 0 Å². The molecule has 2 unspecified atom stereocenters. The first-order chi connectivity index (χ1) is 9.56. The Morgan fingerprint density at radius 3 is 2.75 bits per heavy atom. The lowest BCUT2D eigenvalue weighted by atomic mass is 10.1. The number of hydrogen-bond donors (Lipinski definition) is 2. The first kappa shape index (κ1) is 17.4. The van der Waals surface area contributed by atoms with E-state index in [1.165, 1.54) is 5.56 Å². The number of aliphatic hydroxyl groups is 1. The third-order valence-corrected chi connectivity index (χ3v) is 3.44. The monoisotopic (exact) mass is 345 g/mol. The van der Waals surface area contributed by atoms with Gasteiger partial charge in [-0.3, -0.25) is 0 Å². The van der Waals surface area contributed by atoms with E-state index in [0.717, 1.165) is 16.6 Å². The van der Waals surface area contributed by atoms with Crippen LogP contribution in [0.2, 0.25) is 0 Å². The molecule has 0 radical (unpaired) electrons. The summed E-state index contributed by atoms with van der Waals surface area (Å²) in [5, 5.41) is 13.2. The van der Waals surface area contributed by atoms with Crippen LogP contribution in [0.1, 0.15) is 19.4 Å². The van der Waals surface area contributed by atoms with E-state index in [0.29, 0.717) is 19.8 Å². The van der Waals surface area contributed by atoms with Gasteiger partial charge in [0, 0.05) is 23.8 Å². The molecular weight excluding hydrogens is 322 g/mol. The number of benzene rings is 1. The van der Waals surface area contributed by atoms with Gasteiger partial charge in [0.1, 0.15) is 0 Å². The lowest BCUT2D eigenvalue weighted by Gasteiger charge is -2.18. The highest BCUT2D eigenvalue weighted by Gasteiger charge is 2.09. The number of methoxy groups -OCH3 is 1. The number of nitrogens with one attached hydrogen (secondary N) is 1. The molecule has 2 N–H and O–H groups in total. The third-order valence-electron chi connectivity index (χ3n) is 2.95. The van der Waals surface area contributed by atoms with Crippen LogP contribution in [0, 0.1) is 0 Å². The van der Waals surface area contributed by atoms with Crippen LogP contribution in [0.3, 0.4) is 0 Å². The summed E-state index contributed by atoms with van der Waals surface area (Å²) >= 11 is 3.46. The van der Waals surface area contributed by atoms with E-state index < -0.39 is 6.10 Å². The van der Waals surface area contributed by atoms with E-state index in [2.05, 4.69) is 34.2 Å². The summed E-state index contributed by atoms with van der Waals surface area (Å²) in [5.41, 5.74) is 2.28. The number of anilines is 1. The summed E-state index contributed by atoms with van der Waals surface area (Å²) in [5.74, 6) is 0. The fraction of sp³-hybridized carbons (Fsp3) is 0.600. The van der Waals surface area contributed by atoms with Crippen LogP contribution < -0.4 is 5.32 Å². The van der Waals surface area contributed by atoms with E-state index >= 15 is 0 Å². The number of rotatable bonds is 9. The fourth-order valence-corrected chi connectivity index (χ4v) is 2.28. The van der Waals surface area contributed by atoms with Crippen molar-refractivity contribution < 1.29 is 14.6 Å². The molecule has 0 aromatic heterocycles. The molecule has 0 heterocycles. The minimum atomic E-state index is -0.539. The zero-order chi connectivity index (χ0) is 15.0. The van der Waals surface area contributed by atoms with E-state index in [-0.39, 0.29) is 6.10 Å². The minimum absolute atomic E-state index is 0.00599. The third kappa shape index (κ3) is 6.22. The van der Waals surface area contributed by atoms with E-state index in [1.807, 2.05) is 19.1 Å². The van der Waals surface area contributed by atoms with Gasteiger partial charge in [-0.15, -0.1) is 0 Å². The van der Waals surface area contributed by atoms with Crippen molar-refractivity contribution in [3.05, 3.63) is 28.2 Å². The number of hydrogen-bond acceptors (Lipinski definition) is 4. The van der Waals surface area contributed by atoms with Gasteiger partial charge in [0.15, 0.2) is 0 Å². The fourth-order valence-electron chi connectivity index (χ4n) is 1.87. The normalized spacial score (nSPS) is 14.1. The SMILES string of the molecule is CCc1cc(Br)ccc1NCC(O)COC(C)COC. The van der Waals surface area contributed by atoms with Crippen molar-refractivity contribution >= 4 is 21.6 Å². The van der Waals surface area contributed by atoms with Crippen LogP contribution in [0.25, 0.3) is 0 Å². The van der Waals surface area contributed by atoms with Crippen LogP contribution in [-0.2, 0) is 15.9 Å². The van der Waals surface area contributed by atoms with Crippen LogP contribution >= 0.6 is 15.9 Å².